The molecule has 1 aromatic carbocycles. The lowest BCUT2D eigenvalue weighted by Crippen LogP contribution is -2.54. The molecule has 0 bridgehead atoms. The Morgan fingerprint density at radius 1 is 1.00 bits per heavy atom. The number of para-hydroxylation sites is 1. The molecule has 0 unspecified atom stereocenters. The molecule has 2 heterocycles. The zero-order chi connectivity index (χ0) is 19.5. The Kier molecular flexibility index (Phi) is 5.76. The van der Waals surface area contributed by atoms with Crippen molar-refractivity contribution in [1.29, 1.82) is 0 Å². The Morgan fingerprint density at radius 3 is 2.43 bits per heavy atom. The fourth-order valence-electron chi connectivity index (χ4n) is 4.62. The first-order chi connectivity index (χ1) is 13.6. The zero-order valence-corrected chi connectivity index (χ0v) is 16.8. The first-order valence-electron chi connectivity index (χ1n) is 10.6. The summed E-state index contributed by atoms with van der Waals surface area (Å²) in [6.45, 7) is 5.37. The summed E-state index contributed by atoms with van der Waals surface area (Å²) < 4.78 is 0. The molecule has 1 aromatic rings. The number of anilines is 1. The summed E-state index contributed by atoms with van der Waals surface area (Å²) in [5, 5.41) is 5.89. The van der Waals surface area contributed by atoms with E-state index in [1.807, 2.05) is 36.1 Å². The van der Waals surface area contributed by atoms with E-state index in [2.05, 4.69) is 10.0 Å². The Balaban J connectivity index is 1.42. The molecular formula is C22H30N4O2. The number of hydrazone groups is 1. The maximum atomic E-state index is 13.0. The third-order valence-corrected chi connectivity index (χ3v) is 6.32. The molecule has 28 heavy (non-hydrogen) atoms. The lowest BCUT2D eigenvalue weighted by molar-refractivity contribution is -0.126. The predicted octanol–water partition coefficient (Wildman–Crippen LogP) is 2.95. The van der Waals surface area contributed by atoms with Crippen molar-refractivity contribution >= 4 is 23.2 Å². The summed E-state index contributed by atoms with van der Waals surface area (Å²) in [6.07, 6.45) is 7.41. The molecule has 1 saturated heterocycles. The maximum Gasteiger partial charge on any atom is 0.270 e. The number of carbonyl (C=O) groups excluding carboxylic acids is 2. The van der Waals surface area contributed by atoms with Gasteiger partial charge in [-0.2, -0.15) is 5.10 Å². The van der Waals surface area contributed by atoms with Crippen LogP contribution >= 0.6 is 0 Å². The summed E-state index contributed by atoms with van der Waals surface area (Å²) in [7, 11) is 0. The van der Waals surface area contributed by atoms with E-state index < -0.39 is 0 Å². The van der Waals surface area contributed by atoms with Crippen LogP contribution in [0.3, 0.4) is 0 Å². The minimum Gasteiger partial charge on any atom is -0.335 e. The van der Waals surface area contributed by atoms with Crippen LogP contribution in [0.1, 0.15) is 50.5 Å². The van der Waals surface area contributed by atoms with Crippen molar-refractivity contribution in [1.82, 2.24) is 9.80 Å². The highest BCUT2D eigenvalue weighted by Gasteiger charge is 2.32. The first-order valence-corrected chi connectivity index (χ1v) is 10.6. The maximum absolute atomic E-state index is 13.0. The number of carbonyl (C=O) groups is 2. The summed E-state index contributed by atoms with van der Waals surface area (Å²) in [6, 6.07) is 8.37. The van der Waals surface area contributed by atoms with Crippen LogP contribution in [0.15, 0.2) is 29.4 Å². The summed E-state index contributed by atoms with van der Waals surface area (Å²) >= 11 is 0. The third-order valence-electron chi connectivity index (χ3n) is 6.32. The van der Waals surface area contributed by atoms with Crippen molar-refractivity contribution < 1.29 is 9.59 Å². The number of hydrogen-bond donors (Lipinski definition) is 0. The highest BCUT2D eigenvalue weighted by Crippen LogP contribution is 2.25. The Hall–Kier alpha value is -2.21. The van der Waals surface area contributed by atoms with Gasteiger partial charge < -0.3 is 4.90 Å². The average Bonchev–Trinajstić information content (AvgIpc) is 2.75. The van der Waals surface area contributed by atoms with Crippen molar-refractivity contribution in [2.45, 2.75) is 57.9 Å². The molecule has 0 atom stereocenters. The summed E-state index contributed by atoms with van der Waals surface area (Å²) in [5.41, 5.74) is 2.25. The van der Waals surface area contributed by atoms with Crippen LogP contribution in [0.4, 0.5) is 5.69 Å². The van der Waals surface area contributed by atoms with Gasteiger partial charge in [0, 0.05) is 45.1 Å². The predicted molar refractivity (Wildman–Crippen MR) is 110 cm³/mol. The number of hydrogen-bond acceptors (Lipinski definition) is 4. The quantitative estimate of drug-likeness (QED) is 0.808. The molecule has 2 fully saturated rings. The van der Waals surface area contributed by atoms with Gasteiger partial charge in [-0.3, -0.25) is 14.5 Å². The minimum absolute atomic E-state index is 0.00521. The fourth-order valence-corrected chi connectivity index (χ4v) is 4.62. The number of nitrogens with zero attached hydrogens (tertiary/aromatic N) is 4. The molecule has 0 aromatic heterocycles. The van der Waals surface area contributed by atoms with Gasteiger partial charge in [-0.05, 0) is 31.4 Å². The number of piperazine rings is 1. The fraction of sp³-hybridized carbons (Fsp3) is 0.591. The van der Waals surface area contributed by atoms with Crippen molar-refractivity contribution in [3.63, 3.8) is 0 Å². The van der Waals surface area contributed by atoms with Gasteiger partial charge in [0.25, 0.3) is 5.91 Å². The van der Waals surface area contributed by atoms with E-state index in [9.17, 15) is 9.59 Å². The van der Waals surface area contributed by atoms with E-state index >= 15 is 0 Å². The molecule has 2 aliphatic heterocycles. The molecule has 0 radical (unpaired) electrons. The molecule has 4 rings (SSSR count). The van der Waals surface area contributed by atoms with E-state index in [0.717, 1.165) is 37.4 Å². The Bertz CT molecular complexity index is 762. The SMILES string of the molecule is Cc1ccccc1N1N=C(C(=O)N2CCN(C3CCCCC3)CC2)CCC1=O. The monoisotopic (exact) mass is 382 g/mol. The highest BCUT2D eigenvalue weighted by molar-refractivity contribution is 6.40. The van der Waals surface area contributed by atoms with Crippen molar-refractivity contribution in [3.05, 3.63) is 29.8 Å². The largest absolute Gasteiger partial charge is 0.335 e. The normalized spacial score (nSPS) is 22.3. The summed E-state index contributed by atoms with van der Waals surface area (Å²) in [4.78, 5) is 29.9. The Morgan fingerprint density at radius 2 is 1.71 bits per heavy atom. The molecule has 6 heteroatoms. The van der Waals surface area contributed by atoms with Gasteiger partial charge in [-0.25, -0.2) is 5.01 Å². The van der Waals surface area contributed by atoms with Crippen molar-refractivity contribution in [2.75, 3.05) is 31.2 Å². The van der Waals surface area contributed by atoms with Gasteiger partial charge in [0.2, 0.25) is 5.91 Å². The second-order valence-corrected chi connectivity index (χ2v) is 8.16. The molecule has 1 aliphatic carbocycles. The molecule has 3 aliphatic rings. The molecular weight excluding hydrogens is 352 g/mol. The highest BCUT2D eigenvalue weighted by atomic mass is 16.2. The van der Waals surface area contributed by atoms with Crippen LogP contribution in [0.2, 0.25) is 0 Å². The van der Waals surface area contributed by atoms with Crippen LogP contribution in [-0.2, 0) is 9.59 Å². The number of amides is 2. The van der Waals surface area contributed by atoms with E-state index in [-0.39, 0.29) is 11.8 Å². The standard InChI is InChI=1S/C22H30N4O2/c1-17-7-5-6-10-20(17)26-21(27)12-11-19(23-26)22(28)25-15-13-24(14-16-25)18-8-3-2-4-9-18/h5-7,10,18H,2-4,8-9,11-16H2,1H3. The molecule has 1 saturated carbocycles. The van der Waals surface area contributed by atoms with Crippen molar-refractivity contribution in [3.8, 4) is 0 Å². The van der Waals surface area contributed by atoms with Gasteiger partial charge in [0.1, 0.15) is 5.71 Å². The van der Waals surface area contributed by atoms with Crippen LogP contribution in [0, 0.1) is 6.92 Å². The third kappa shape index (κ3) is 3.97. The van der Waals surface area contributed by atoms with E-state index in [4.69, 9.17) is 0 Å². The van der Waals surface area contributed by atoms with Crippen LogP contribution in [-0.4, -0.2) is 59.5 Å². The van der Waals surface area contributed by atoms with E-state index in [0.29, 0.717) is 24.6 Å². The Labute approximate surface area is 167 Å². The van der Waals surface area contributed by atoms with Gasteiger partial charge in [-0.15, -0.1) is 0 Å². The molecule has 0 spiro atoms. The molecule has 0 N–H and O–H groups in total. The van der Waals surface area contributed by atoms with Gasteiger partial charge in [0.05, 0.1) is 5.69 Å². The lowest BCUT2D eigenvalue weighted by atomic mass is 9.94. The van der Waals surface area contributed by atoms with E-state index in [1.165, 1.54) is 37.1 Å². The molecule has 2 amide bonds. The van der Waals surface area contributed by atoms with Crippen molar-refractivity contribution in [2.24, 2.45) is 5.10 Å². The average molecular weight is 383 g/mol. The van der Waals surface area contributed by atoms with Gasteiger partial charge in [0.15, 0.2) is 0 Å². The van der Waals surface area contributed by atoms with Crippen LogP contribution < -0.4 is 5.01 Å². The van der Waals surface area contributed by atoms with E-state index in [1.54, 1.807) is 0 Å². The van der Waals surface area contributed by atoms with Gasteiger partial charge >= 0.3 is 0 Å². The topological polar surface area (TPSA) is 56.2 Å². The van der Waals surface area contributed by atoms with Crippen LogP contribution in [0.25, 0.3) is 0 Å². The van der Waals surface area contributed by atoms with Gasteiger partial charge in [-0.1, -0.05) is 37.5 Å². The summed E-state index contributed by atoms with van der Waals surface area (Å²) in [5.74, 6) is -0.0534. The lowest BCUT2D eigenvalue weighted by Gasteiger charge is -2.41. The minimum atomic E-state index is -0.0482. The number of aryl methyl sites for hydroxylation is 1. The second-order valence-electron chi connectivity index (χ2n) is 8.16. The molecule has 6 nitrogen and oxygen atoms in total. The smallest absolute Gasteiger partial charge is 0.270 e. The second kappa shape index (κ2) is 8.43. The zero-order valence-electron chi connectivity index (χ0n) is 16.8. The molecule has 150 valence electrons. The number of rotatable bonds is 3. The van der Waals surface area contributed by atoms with Crippen LogP contribution in [0.5, 0.6) is 0 Å². The first kappa shape index (κ1) is 19.1. The number of benzene rings is 1.